The molecule has 1 unspecified atom stereocenters. The molecule has 0 aromatic rings. The van der Waals surface area contributed by atoms with Crippen LogP contribution in [0.4, 0.5) is 0 Å². The zero-order valence-corrected chi connectivity index (χ0v) is 9.38. The van der Waals surface area contributed by atoms with Gasteiger partial charge in [-0.1, -0.05) is 6.42 Å². The topological polar surface area (TPSA) is 58.2 Å². The summed E-state index contributed by atoms with van der Waals surface area (Å²) in [5.74, 6) is 0. The first-order valence-corrected chi connectivity index (χ1v) is 6.15. The maximum absolute atomic E-state index is 10.7. The number of hydrogen-bond acceptors (Lipinski definition) is 3. The molecule has 1 heterocycles. The second-order valence-corrected chi connectivity index (χ2v) is 5.10. The Labute approximate surface area is 85.9 Å². The molecule has 0 bridgehead atoms. The Morgan fingerprint density at radius 2 is 2.15 bits per heavy atom. The Hall–Kier alpha value is 0.160. The van der Waals surface area contributed by atoms with E-state index in [9.17, 15) is 8.42 Å². The van der Waals surface area contributed by atoms with E-state index in [2.05, 4.69) is 10.0 Å². The quantitative estimate of drug-likeness (QED) is 0.721. The molecule has 2 N–H and O–H groups in total. The van der Waals surface area contributed by atoms with E-state index in [4.69, 9.17) is 0 Å². The van der Waals surface area contributed by atoms with Crippen LogP contribution in [0.3, 0.4) is 0 Å². The Bertz CT molecular complexity index is 225. The number of rotatable bonds is 3. The van der Waals surface area contributed by atoms with Gasteiger partial charge < -0.3 is 5.32 Å². The van der Waals surface area contributed by atoms with Crippen molar-refractivity contribution >= 4 is 22.4 Å². The van der Waals surface area contributed by atoms with Crippen molar-refractivity contribution in [1.29, 1.82) is 0 Å². The van der Waals surface area contributed by atoms with E-state index in [0.29, 0.717) is 12.6 Å². The van der Waals surface area contributed by atoms with Gasteiger partial charge in [0, 0.05) is 12.6 Å². The molecule has 4 nitrogen and oxygen atoms in total. The Morgan fingerprint density at radius 1 is 1.46 bits per heavy atom. The van der Waals surface area contributed by atoms with Gasteiger partial charge in [0.1, 0.15) is 0 Å². The third kappa shape index (κ3) is 6.26. The van der Waals surface area contributed by atoms with E-state index in [-0.39, 0.29) is 12.4 Å². The molecule has 0 radical (unpaired) electrons. The average molecular weight is 229 g/mol. The van der Waals surface area contributed by atoms with Gasteiger partial charge in [-0.05, 0) is 19.4 Å². The summed E-state index contributed by atoms with van der Waals surface area (Å²) in [7, 11) is -3.01. The lowest BCUT2D eigenvalue weighted by Gasteiger charge is -2.23. The second kappa shape index (κ2) is 5.80. The van der Waals surface area contributed by atoms with Crippen LogP contribution in [0.1, 0.15) is 19.3 Å². The summed E-state index contributed by atoms with van der Waals surface area (Å²) in [4.78, 5) is 0. The molecule has 0 saturated carbocycles. The van der Waals surface area contributed by atoms with Gasteiger partial charge >= 0.3 is 0 Å². The molecular formula is C7H17ClN2O2S. The van der Waals surface area contributed by atoms with Crippen molar-refractivity contribution in [2.45, 2.75) is 25.3 Å². The summed E-state index contributed by atoms with van der Waals surface area (Å²) in [6.07, 6.45) is 4.66. The molecule has 1 saturated heterocycles. The van der Waals surface area contributed by atoms with E-state index >= 15 is 0 Å². The number of piperidine rings is 1. The van der Waals surface area contributed by atoms with E-state index in [1.54, 1.807) is 0 Å². The highest BCUT2D eigenvalue weighted by Gasteiger charge is 2.13. The first-order valence-electron chi connectivity index (χ1n) is 4.26. The summed E-state index contributed by atoms with van der Waals surface area (Å²) in [6.45, 7) is 1.54. The Kier molecular flexibility index (Phi) is 5.87. The fourth-order valence-electron chi connectivity index (χ4n) is 1.35. The van der Waals surface area contributed by atoms with Crippen LogP contribution in [0.5, 0.6) is 0 Å². The van der Waals surface area contributed by atoms with Crippen molar-refractivity contribution in [2.75, 3.05) is 19.3 Å². The van der Waals surface area contributed by atoms with Crippen molar-refractivity contribution in [2.24, 2.45) is 0 Å². The van der Waals surface area contributed by atoms with E-state index < -0.39 is 10.0 Å². The normalized spacial score (nSPS) is 23.6. The lowest BCUT2D eigenvalue weighted by molar-refractivity contribution is 0.398. The molecule has 1 aliphatic heterocycles. The molecule has 0 amide bonds. The largest absolute Gasteiger partial charge is 0.313 e. The van der Waals surface area contributed by atoms with Crippen LogP contribution in [0.2, 0.25) is 0 Å². The summed E-state index contributed by atoms with van der Waals surface area (Å²) >= 11 is 0. The van der Waals surface area contributed by atoms with Gasteiger partial charge in [0.2, 0.25) is 10.0 Å². The average Bonchev–Trinajstić information content (AvgIpc) is 2.02. The molecular weight excluding hydrogens is 212 g/mol. The van der Waals surface area contributed by atoms with Gasteiger partial charge in [0.15, 0.2) is 0 Å². The zero-order chi connectivity index (χ0) is 9.03. The van der Waals surface area contributed by atoms with Crippen LogP contribution < -0.4 is 10.0 Å². The van der Waals surface area contributed by atoms with Gasteiger partial charge in [-0.2, -0.15) is 0 Å². The van der Waals surface area contributed by atoms with Crippen LogP contribution in [0.15, 0.2) is 0 Å². The van der Waals surface area contributed by atoms with Gasteiger partial charge in [0.05, 0.1) is 6.26 Å². The second-order valence-electron chi connectivity index (χ2n) is 3.27. The van der Waals surface area contributed by atoms with Crippen molar-refractivity contribution in [3.05, 3.63) is 0 Å². The minimum atomic E-state index is -3.01. The molecule has 0 aromatic carbocycles. The van der Waals surface area contributed by atoms with Crippen molar-refractivity contribution in [1.82, 2.24) is 10.0 Å². The van der Waals surface area contributed by atoms with Crippen molar-refractivity contribution < 1.29 is 8.42 Å². The predicted octanol–water partition coefficient (Wildman–Crippen LogP) is 0.0995. The van der Waals surface area contributed by atoms with Gasteiger partial charge in [-0.15, -0.1) is 12.4 Å². The molecule has 80 valence electrons. The monoisotopic (exact) mass is 228 g/mol. The Morgan fingerprint density at radius 3 is 2.62 bits per heavy atom. The standard InChI is InChI=1S/C7H16N2O2S.ClH/c1-12(10,11)9-6-7-4-2-3-5-8-7;/h7-9H,2-6H2,1H3;1H. The van der Waals surface area contributed by atoms with Crippen LogP contribution in [-0.4, -0.2) is 33.8 Å². The highest BCUT2D eigenvalue weighted by molar-refractivity contribution is 7.88. The van der Waals surface area contributed by atoms with Gasteiger partial charge in [-0.25, -0.2) is 13.1 Å². The van der Waals surface area contributed by atoms with E-state index in [0.717, 1.165) is 13.0 Å². The predicted molar refractivity (Wildman–Crippen MR) is 55.7 cm³/mol. The smallest absolute Gasteiger partial charge is 0.208 e. The molecule has 6 heteroatoms. The maximum Gasteiger partial charge on any atom is 0.208 e. The fourth-order valence-corrected chi connectivity index (χ4v) is 1.85. The number of hydrogen-bond donors (Lipinski definition) is 2. The molecule has 1 fully saturated rings. The maximum atomic E-state index is 10.7. The number of nitrogens with one attached hydrogen (secondary N) is 2. The summed E-state index contributed by atoms with van der Waals surface area (Å²) < 4.78 is 24.0. The molecule has 13 heavy (non-hydrogen) atoms. The lowest BCUT2D eigenvalue weighted by atomic mass is 10.1. The number of sulfonamides is 1. The SMILES string of the molecule is CS(=O)(=O)NCC1CCCCN1.Cl. The molecule has 0 aliphatic carbocycles. The molecule has 0 spiro atoms. The van der Waals surface area contributed by atoms with Crippen LogP contribution in [0.25, 0.3) is 0 Å². The van der Waals surface area contributed by atoms with Crippen molar-refractivity contribution in [3.63, 3.8) is 0 Å². The summed E-state index contributed by atoms with van der Waals surface area (Å²) in [6, 6.07) is 0.327. The Balaban J connectivity index is 0.00000144. The van der Waals surface area contributed by atoms with Crippen LogP contribution in [-0.2, 0) is 10.0 Å². The third-order valence-corrected chi connectivity index (χ3v) is 2.70. The summed E-state index contributed by atoms with van der Waals surface area (Å²) in [5.41, 5.74) is 0. The van der Waals surface area contributed by atoms with E-state index in [1.165, 1.54) is 19.1 Å². The highest BCUT2D eigenvalue weighted by Crippen LogP contribution is 2.05. The third-order valence-electron chi connectivity index (χ3n) is 2.00. The molecule has 1 atom stereocenters. The molecule has 1 aliphatic rings. The minimum absolute atomic E-state index is 0. The number of halogens is 1. The summed E-state index contributed by atoms with van der Waals surface area (Å²) in [5, 5.41) is 3.26. The van der Waals surface area contributed by atoms with Crippen molar-refractivity contribution in [3.8, 4) is 0 Å². The first-order chi connectivity index (χ1) is 5.58. The van der Waals surface area contributed by atoms with Crippen LogP contribution >= 0.6 is 12.4 Å². The molecule has 1 rings (SSSR count). The lowest BCUT2D eigenvalue weighted by Crippen LogP contribution is -2.43. The van der Waals surface area contributed by atoms with E-state index in [1.807, 2.05) is 0 Å². The zero-order valence-electron chi connectivity index (χ0n) is 7.75. The van der Waals surface area contributed by atoms with Gasteiger partial charge in [0.25, 0.3) is 0 Å². The van der Waals surface area contributed by atoms with Crippen LogP contribution in [0, 0.1) is 0 Å². The highest BCUT2D eigenvalue weighted by atomic mass is 35.5. The fraction of sp³-hybridized carbons (Fsp3) is 1.00. The minimum Gasteiger partial charge on any atom is -0.313 e. The van der Waals surface area contributed by atoms with Gasteiger partial charge in [-0.3, -0.25) is 0 Å². The molecule has 0 aromatic heterocycles. The first kappa shape index (κ1) is 13.2.